The van der Waals surface area contributed by atoms with Crippen LogP contribution in [0.4, 0.5) is 10.1 Å². The van der Waals surface area contributed by atoms with Gasteiger partial charge in [-0.1, -0.05) is 13.8 Å². The number of nitrogens with zero attached hydrogens (tertiary/aromatic N) is 4. The molecule has 0 aliphatic heterocycles. The van der Waals surface area contributed by atoms with Crippen molar-refractivity contribution in [2.24, 2.45) is 5.92 Å². The standard InChI is InChI=1S/C22H18FN7O/c1-11(2)22(31)26-14-6-13(9-24-10-14)12-7-15-18(16(23)8-12)29-30-19(15)21-27-17-4-3-5-25-20(17)28-21/h3-11H,1-2H3,(H,26,31)(H,29,30)(H,25,27,28). The number of rotatable bonds is 4. The van der Waals surface area contributed by atoms with Crippen LogP contribution in [0.2, 0.25) is 0 Å². The second-order valence-corrected chi connectivity index (χ2v) is 7.52. The summed E-state index contributed by atoms with van der Waals surface area (Å²) in [6.07, 6.45) is 4.84. The lowest BCUT2D eigenvalue weighted by Gasteiger charge is -2.09. The first-order valence-electron chi connectivity index (χ1n) is 9.74. The zero-order valence-corrected chi connectivity index (χ0v) is 16.8. The molecule has 0 unspecified atom stereocenters. The van der Waals surface area contributed by atoms with Crippen molar-refractivity contribution in [3.8, 4) is 22.6 Å². The Morgan fingerprint density at radius 1 is 1.16 bits per heavy atom. The van der Waals surface area contributed by atoms with Gasteiger partial charge in [-0.05, 0) is 35.9 Å². The van der Waals surface area contributed by atoms with Crippen LogP contribution in [0.5, 0.6) is 0 Å². The molecule has 0 radical (unpaired) electrons. The number of anilines is 1. The van der Waals surface area contributed by atoms with Crippen LogP contribution in [0.1, 0.15) is 13.8 Å². The number of carbonyl (C=O) groups is 1. The maximum Gasteiger partial charge on any atom is 0.226 e. The Balaban J connectivity index is 1.60. The van der Waals surface area contributed by atoms with Gasteiger partial charge in [0.1, 0.15) is 11.2 Å². The number of hydrogen-bond donors (Lipinski definition) is 3. The molecule has 9 heteroatoms. The molecule has 0 fully saturated rings. The van der Waals surface area contributed by atoms with Gasteiger partial charge in [-0.15, -0.1) is 0 Å². The van der Waals surface area contributed by atoms with Gasteiger partial charge in [0.25, 0.3) is 0 Å². The van der Waals surface area contributed by atoms with Gasteiger partial charge in [0.15, 0.2) is 17.3 Å². The van der Waals surface area contributed by atoms with Gasteiger partial charge < -0.3 is 10.3 Å². The van der Waals surface area contributed by atoms with Crippen molar-refractivity contribution in [1.82, 2.24) is 30.1 Å². The van der Waals surface area contributed by atoms with E-state index in [1.54, 1.807) is 24.7 Å². The minimum absolute atomic E-state index is 0.115. The second-order valence-electron chi connectivity index (χ2n) is 7.52. The molecular formula is C22H18FN7O. The quantitative estimate of drug-likeness (QED) is 0.405. The summed E-state index contributed by atoms with van der Waals surface area (Å²) in [5, 5.41) is 10.4. The highest BCUT2D eigenvalue weighted by Gasteiger charge is 2.17. The van der Waals surface area contributed by atoms with E-state index >= 15 is 0 Å². The third-order valence-electron chi connectivity index (χ3n) is 4.97. The maximum absolute atomic E-state index is 14.9. The molecule has 154 valence electrons. The molecule has 0 aliphatic rings. The lowest BCUT2D eigenvalue weighted by molar-refractivity contribution is -0.118. The van der Waals surface area contributed by atoms with Crippen LogP contribution in [0, 0.1) is 11.7 Å². The van der Waals surface area contributed by atoms with Gasteiger partial charge in [0.2, 0.25) is 5.91 Å². The number of H-pyrrole nitrogens is 2. The van der Waals surface area contributed by atoms with Crippen LogP contribution >= 0.6 is 0 Å². The Kier molecular flexibility index (Phi) is 4.43. The highest BCUT2D eigenvalue weighted by atomic mass is 19.1. The normalized spacial score (nSPS) is 11.5. The van der Waals surface area contributed by atoms with Crippen LogP contribution < -0.4 is 5.32 Å². The van der Waals surface area contributed by atoms with Crippen LogP contribution in [0.25, 0.3) is 44.7 Å². The molecule has 4 aromatic heterocycles. The summed E-state index contributed by atoms with van der Waals surface area (Å²) in [4.78, 5) is 28.1. The molecule has 0 saturated carbocycles. The van der Waals surface area contributed by atoms with Gasteiger partial charge in [-0.3, -0.25) is 14.9 Å². The minimum atomic E-state index is -0.471. The van der Waals surface area contributed by atoms with Crippen molar-refractivity contribution in [3.05, 3.63) is 54.7 Å². The number of carbonyl (C=O) groups excluding carboxylic acids is 1. The van der Waals surface area contributed by atoms with Crippen LogP contribution in [0.3, 0.4) is 0 Å². The maximum atomic E-state index is 14.9. The molecule has 8 nitrogen and oxygen atoms in total. The van der Waals surface area contributed by atoms with Gasteiger partial charge in [-0.2, -0.15) is 5.10 Å². The van der Waals surface area contributed by atoms with E-state index in [1.165, 1.54) is 6.07 Å². The number of aromatic amines is 2. The first-order valence-corrected chi connectivity index (χ1v) is 9.74. The molecule has 0 spiro atoms. The summed E-state index contributed by atoms with van der Waals surface area (Å²) in [6, 6.07) is 8.66. The summed E-state index contributed by atoms with van der Waals surface area (Å²) in [7, 11) is 0. The molecule has 4 heterocycles. The zero-order chi connectivity index (χ0) is 21.5. The average Bonchev–Trinajstić information content (AvgIpc) is 3.38. The number of hydrogen-bond acceptors (Lipinski definition) is 5. The summed E-state index contributed by atoms with van der Waals surface area (Å²) in [5.41, 5.74) is 3.93. The van der Waals surface area contributed by atoms with E-state index in [0.717, 1.165) is 5.52 Å². The molecule has 1 amide bonds. The van der Waals surface area contributed by atoms with Gasteiger partial charge in [0.05, 0.1) is 17.4 Å². The number of aromatic nitrogens is 6. The SMILES string of the molecule is CC(C)C(=O)Nc1cncc(-c2cc(F)c3n[nH]c(-c4nc5ncccc5[nH]4)c3c2)c1. The fraction of sp³-hybridized carbons (Fsp3) is 0.136. The highest BCUT2D eigenvalue weighted by Crippen LogP contribution is 2.32. The number of nitrogens with one attached hydrogen (secondary N) is 3. The van der Waals surface area contributed by atoms with E-state index in [4.69, 9.17) is 0 Å². The lowest BCUT2D eigenvalue weighted by Crippen LogP contribution is -2.17. The van der Waals surface area contributed by atoms with Crippen LogP contribution in [-0.2, 0) is 4.79 Å². The van der Waals surface area contributed by atoms with Crippen molar-refractivity contribution in [2.45, 2.75) is 13.8 Å². The van der Waals surface area contributed by atoms with Crippen molar-refractivity contribution in [3.63, 3.8) is 0 Å². The summed E-state index contributed by atoms with van der Waals surface area (Å²) >= 11 is 0. The molecule has 1 aromatic carbocycles. The monoisotopic (exact) mass is 415 g/mol. The smallest absolute Gasteiger partial charge is 0.226 e. The van der Waals surface area contributed by atoms with Crippen molar-refractivity contribution < 1.29 is 9.18 Å². The number of halogens is 1. The summed E-state index contributed by atoms with van der Waals surface area (Å²) in [6.45, 7) is 3.62. The Morgan fingerprint density at radius 3 is 2.84 bits per heavy atom. The third kappa shape index (κ3) is 3.39. The number of amides is 1. The fourth-order valence-corrected chi connectivity index (χ4v) is 3.34. The number of pyridine rings is 2. The van der Waals surface area contributed by atoms with Crippen molar-refractivity contribution in [2.75, 3.05) is 5.32 Å². The van der Waals surface area contributed by atoms with E-state index in [1.807, 2.05) is 32.0 Å². The molecule has 5 rings (SSSR count). The Labute approximate surface area is 176 Å². The van der Waals surface area contributed by atoms with Crippen LogP contribution in [0.15, 0.2) is 48.9 Å². The molecular weight excluding hydrogens is 397 g/mol. The molecule has 31 heavy (non-hydrogen) atoms. The number of imidazole rings is 1. The lowest BCUT2D eigenvalue weighted by atomic mass is 10.0. The average molecular weight is 415 g/mol. The van der Waals surface area contributed by atoms with Crippen LogP contribution in [-0.4, -0.2) is 36.0 Å². The predicted octanol–water partition coefficient (Wildman–Crippen LogP) is 4.30. The van der Waals surface area contributed by atoms with E-state index in [-0.39, 0.29) is 17.3 Å². The van der Waals surface area contributed by atoms with E-state index in [2.05, 4.69) is 35.5 Å². The fourth-order valence-electron chi connectivity index (χ4n) is 3.34. The van der Waals surface area contributed by atoms with Gasteiger partial charge in [-0.25, -0.2) is 14.4 Å². The zero-order valence-electron chi connectivity index (χ0n) is 16.8. The van der Waals surface area contributed by atoms with E-state index < -0.39 is 5.82 Å². The minimum Gasteiger partial charge on any atom is -0.335 e. The van der Waals surface area contributed by atoms with Gasteiger partial charge in [0, 0.05) is 29.3 Å². The van der Waals surface area contributed by atoms with Crippen molar-refractivity contribution in [1.29, 1.82) is 0 Å². The van der Waals surface area contributed by atoms with Gasteiger partial charge >= 0.3 is 0 Å². The Bertz CT molecular complexity index is 1400. The molecule has 0 atom stereocenters. The third-order valence-corrected chi connectivity index (χ3v) is 4.97. The second kappa shape index (κ2) is 7.28. The predicted molar refractivity (Wildman–Crippen MR) is 116 cm³/mol. The molecule has 0 aliphatic carbocycles. The molecule has 3 N–H and O–H groups in total. The largest absolute Gasteiger partial charge is 0.335 e. The first kappa shape index (κ1) is 18.9. The number of benzene rings is 1. The summed E-state index contributed by atoms with van der Waals surface area (Å²) in [5.74, 6) is -0.231. The molecule has 0 bridgehead atoms. The summed E-state index contributed by atoms with van der Waals surface area (Å²) < 4.78 is 14.9. The Morgan fingerprint density at radius 2 is 2.03 bits per heavy atom. The van der Waals surface area contributed by atoms with E-state index in [0.29, 0.717) is 39.4 Å². The van der Waals surface area contributed by atoms with E-state index in [9.17, 15) is 9.18 Å². The first-order chi connectivity index (χ1) is 15.0. The molecule has 0 saturated heterocycles. The van der Waals surface area contributed by atoms with Crippen molar-refractivity contribution >= 4 is 33.7 Å². The topological polar surface area (TPSA) is 112 Å². The Hall–Kier alpha value is -4.14. The highest BCUT2D eigenvalue weighted by molar-refractivity contribution is 5.96. The molecule has 5 aromatic rings. The number of fused-ring (bicyclic) bond motifs is 2.